The molecule has 1 fully saturated rings. The van der Waals surface area contributed by atoms with Gasteiger partial charge in [-0.3, -0.25) is 14.4 Å². The van der Waals surface area contributed by atoms with Gasteiger partial charge in [0.15, 0.2) is 0 Å². The van der Waals surface area contributed by atoms with E-state index in [4.69, 9.17) is 21.1 Å². The zero-order chi connectivity index (χ0) is 23.1. The Balaban J connectivity index is 2.01. The standard InChI is InChI=1S/C24H23ClN2O5/c1-3-31-23(30)14-27-21(13-10-17-6-4-5-7-20(17)26-16(2)28)24(32-15-22(27)29)18-8-11-19(25)12-9-18/h4-9,11-12,21,24H,3,14-15H2,1-2H3,(H,26,28). The number of benzene rings is 2. The third-order valence-corrected chi connectivity index (χ3v) is 4.98. The summed E-state index contributed by atoms with van der Waals surface area (Å²) in [6.07, 6.45) is -0.597. The first-order valence-electron chi connectivity index (χ1n) is 10.1. The lowest BCUT2D eigenvalue weighted by Crippen LogP contribution is -2.52. The van der Waals surface area contributed by atoms with Crippen molar-refractivity contribution in [2.45, 2.75) is 26.0 Å². The molecule has 0 aliphatic carbocycles. The summed E-state index contributed by atoms with van der Waals surface area (Å²) < 4.78 is 10.9. The molecular weight excluding hydrogens is 432 g/mol. The average Bonchev–Trinajstić information content (AvgIpc) is 2.75. The van der Waals surface area contributed by atoms with Crippen molar-refractivity contribution in [3.05, 3.63) is 64.7 Å². The molecule has 0 radical (unpaired) electrons. The number of nitrogens with zero attached hydrogens (tertiary/aromatic N) is 1. The summed E-state index contributed by atoms with van der Waals surface area (Å²) in [5.41, 5.74) is 1.90. The SMILES string of the molecule is CCOC(=O)CN1C(=O)COC(c2ccc(Cl)cc2)C1C#Cc1ccccc1NC(C)=O. The normalized spacial score (nSPS) is 17.8. The van der Waals surface area contributed by atoms with Gasteiger partial charge in [0.1, 0.15) is 25.3 Å². The molecular formula is C24H23ClN2O5. The molecule has 2 aromatic rings. The predicted molar refractivity (Wildman–Crippen MR) is 120 cm³/mol. The number of hydrogen-bond acceptors (Lipinski definition) is 5. The number of carbonyl (C=O) groups is 3. The van der Waals surface area contributed by atoms with Crippen LogP contribution in [0.5, 0.6) is 0 Å². The van der Waals surface area contributed by atoms with Crippen molar-refractivity contribution >= 4 is 35.1 Å². The van der Waals surface area contributed by atoms with Crippen LogP contribution in [0.4, 0.5) is 5.69 Å². The van der Waals surface area contributed by atoms with Crippen molar-refractivity contribution < 1.29 is 23.9 Å². The van der Waals surface area contributed by atoms with Gasteiger partial charge in [0.25, 0.3) is 0 Å². The average molecular weight is 455 g/mol. The highest BCUT2D eigenvalue weighted by Gasteiger charge is 2.38. The zero-order valence-electron chi connectivity index (χ0n) is 17.8. The third-order valence-electron chi connectivity index (χ3n) is 4.73. The summed E-state index contributed by atoms with van der Waals surface area (Å²) in [5, 5.41) is 3.30. The molecule has 166 valence electrons. The minimum absolute atomic E-state index is 0.187. The molecule has 1 aliphatic rings. The minimum Gasteiger partial charge on any atom is -0.465 e. The van der Waals surface area contributed by atoms with E-state index in [0.717, 1.165) is 5.56 Å². The zero-order valence-corrected chi connectivity index (χ0v) is 18.5. The van der Waals surface area contributed by atoms with E-state index in [9.17, 15) is 14.4 Å². The van der Waals surface area contributed by atoms with Gasteiger partial charge >= 0.3 is 5.97 Å². The van der Waals surface area contributed by atoms with Crippen molar-refractivity contribution in [3.8, 4) is 11.8 Å². The highest BCUT2D eigenvalue weighted by atomic mass is 35.5. The van der Waals surface area contributed by atoms with E-state index in [1.54, 1.807) is 55.5 Å². The lowest BCUT2D eigenvalue weighted by molar-refractivity contribution is -0.162. The number of para-hydroxylation sites is 1. The molecule has 2 aromatic carbocycles. The largest absolute Gasteiger partial charge is 0.465 e. The van der Waals surface area contributed by atoms with Crippen LogP contribution in [0.3, 0.4) is 0 Å². The first kappa shape index (κ1) is 23.3. The second kappa shape index (κ2) is 10.8. The molecule has 32 heavy (non-hydrogen) atoms. The maximum Gasteiger partial charge on any atom is 0.325 e. The van der Waals surface area contributed by atoms with Crippen molar-refractivity contribution in [3.63, 3.8) is 0 Å². The van der Waals surface area contributed by atoms with E-state index >= 15 is 0 Å². The van der Waals surface area contributed by atoms with Crippen LogP contribution < -0.4 is 5.32 Å². The van der Waals surface area contributed by atoms with E-state index in [-0.39, 0.29) is 31.6 Å². The summed E-state index contributed by atoms with van der Waals surface area (Å²) in [6.45, 7) is 2.89. The van der Waals surface area contributed by atoms with Gasteiger partial charge in [-0.1, -0.05) is 47.7 Å². The molecule has 0 saturated carbocycles. The Morgan fingerprint density at radius 1 is 1.22 bits per heavy atom. The molecule has 2 amide bonds. The third kappa shape index (κ3) is 5.88. The smallest absolute Gasteiger partial charge is 0.325 e. The van der Waals surface area contributed by atoms with Gasteiger partial charge in [-0.05, 0) is 36.8 Å². The van der Waals surface area contributed by atoms with Crippen LogP contribution in [-0.4, -0.2) is 48.5 Å². The van der Waals surface area contributed by atoms with Crippen LogP contribution in [0.15, 0.2) is 48.5 Å². The maximum absolute atomic E-state index is 12.6. The predicted octanol–water partition coefficient (Wildman–Crippen LogP) is 3.18. The van der Waals surface area contributed by atoms with E-state index < -0.39 is 18.1 Å². The molecule has 2 unspecified atom stereocenters. The second-order valence-electron chi connectivity index (χ2n) is 7.05. The monoisotopic (exact) mass is 454 g/mol. The van der Waals surface area contributed by atoms with Crippen molar-refractivity contribution in [2.75, 3.05) is 25.1 Å². The highest BCUT2D eigenvalue weighted by molar-refractivity contribution is 6.30. The Bertz CT molecular complexity index is 1060. The Morgan fingerprint density at radius 3 is 2.62 bits per heavy atom. The number of nitrogens with one attached hydrogen (secondary N) is 1. The summed E-state index contributed by atoms with van der Waals surface area (Å²) in [5.74, 6) is 5.01. The first-order valence-corrected chi connectivity index (χ1v) is 10.5. The highest BCUT2D eigenvalue weighted by Crippen LogP contribution is 2.30. The lowest BCUT2D eigenvalue weighted by atomic mass is 9.98. The number of amides is 2. The molecule has 1 N–H and O–H groups in total. The lowest BCUT2D eigenvalue weighted by Gasteiger charge is -2.37. The molecule has 0 bridgehead atoms. The number of rotatable bonds is 5. The van der Waals surface area contributed by atoms with Gasteiger partial charge in [-0.25, -0.2) is 0 Å². The molecule has 1 heterocycles. The van der Waals surface area contributed by atoms with E-state index in [1.807, 2.05) is 0 Å². The van der Waals surface area contributed by atoms with Gasteiger partial charge in [0.2, 0.25) is 11.8 Å². The number of halogens is 1. The fourth-order valence-electron chi connectivity index (χ4n) is 3.31. The Labute approximate surface area is 191 Å². The molecule has 1 saturated heterocycles. The van der Waals surface area contributed by atoms with Crippen LogP contribution in [0, 0.1) is 11.8 Å². The number of hydrogen-bond donors (Lipinski definition) is 1. The van der Waals surface area contributed by atoms with E-state index in [0.29, 0.717) is 16.3 Å². The second-order valence-corrected chi connectivity index (χ2v) is 7.49. The minimum atomic E-state index is -0.757. The summed E-state index contributed by atoms with van der Waals surface area (Å²) in [4.78, 5) is 37.7. The Kier molecular flexibility index (Phi) is 7.87. The van der Waals surface area contributed by atoms with Crippen molar-refractivity contribution in [2.24, 2.45) is 0 Å². The summed E-state index contributed by atoms with van der Waals surface area (Å²) in [6, 6.07) is 13.4. The van der Waals surface area contributed by atoms with Crippen LogP contribution in [0.2, 0.25) is 5.02 Å². The number of ether oxygens (including phenoxy) is 2. The molecule has 8 heteroatoms. The molecule has 2 atom stereocenters. The molecule has 3 rings (SSSR count). The number of morpholine rings is 1. The van der Waals surface area contributed by atoms with E-state index in [1.165, 1.54) is 11.8 Å². The van der Waals surface area contributed by atoms with Crippen LogP contribution in [0.1, 0.15) is 31.1 Å². The van der Waals surface area contributed by atoms with Gasteiger partial charge in [-0.2, -0.15) is 0 Å². The van der Waals surface area contributed by atoms with Crippen LogP contribution in [0.25, 0.3) is 0 Å². The van der Waals surface area contributed by atoms with Gasteiger partial charge in [0, 0.05) is 17.5 Å². The summed E-state index contributed by atoms with van der Waals surface area (Å²) in [7, 11) is 0. The Morgan fingerprint density at radius 2 is 1.94 bits per heavy atom. The first-order chi connectivity index (χ1) is 15.4. The quantitative estimate of drug-likeness (QED) is 0.554. The van der Waals surface area contributed by atoms with E-state index in [2.05, 4.69) is 17.2 Å². The molecule has 0 spiro atoms. The van der Waals surface area contributed by atoms with Crippen molar-refractivity contribution in [1.29, 1.82) is 0 Å². The Hall–Kier alpha value is -3.34. The van der Waals surface area contributed by atoms with Crippen molar-refractivity contribution in [1.82, 2.24) is 4.90 Å². The summed E-state index contributed by atoms with van der Waals surface area (Å²) >= 11 is 6.01. The van der Waals surface area contributed by atoms with Crippen LogP contribution >= 0.6 is 11.6 Å². The van der Waals surface area contributed by atoms with Gasteiger partial charge in [0.05, 0.1) is 12.3 Å². The van der Waals surface area contributed by atoms with Gasteiger partial charge in [-0.15, -0.1) is 0 Å². The molecule has 0 aromatic heterocycles. The van der Waals surface area contributed by atoms with Crippen LogP contribution in [-0.2, 0) is 23.9 Å². The maximum atomic E-state index is 12.6. The fraction of sp³-hybridized carbons (Fsp3) is 0.292. The number of carbonyl (C=O) groups excluding carboxylic acids is 3. The number of esters is 1. The molecule has 7 nitrogen and oxygen atoms in total. The topological polar surface area (TPSA) is 84.9 Å². The fourth-order valence-corrected chi connectivity index (χ4v) is 3.44. The number of anilines is 1. The molecule has 1 aliphatic heterocycles. The van der Waals surface area contributed by atoms with Gasteiger partial charge < -0.3 is 19.7 Å².